The van der Waals surface area contributed by atoms with Crippen molar-refractivity contribution in [1.82, 2.24) is 0 Å². The monoisotopic (exact) mass is 192 g/mol. The van der Waals surface area contributed by atoms with Crippen LogP contribution in [0.15, 0.2) is 29.8 Å². The fourth-order valence-corrected chi connectivity index (χ4v) is 1.17. The second-order valence-corrected chi connectivity index (χ2v) is 3.48. The lowest BCUT2D eigenvalue weighted by molar-refractivity contribution is 0.411. The number of hydrogen-bond acceptors (Lipinski definition) is 2. The van der Waals surface area contributed by atoms with Gasteiger partial charge in [0.05, 0.1) is 7.11 Å². The van der Waals surface area contributed by atoms with E-state index in [4.69, 9.17) is 4.74 Å². The molecule has 76 valence electrons. The normalized spacial score (nSPS) is 9.64. The molecule has 14 heavy (non-hydrogen) atoms. The average molecular weight is 192 g/mol. The third-order valence-electron chi connectivity index (χ3n) is 2.02. The highest BCUT2D eigenvalue weighted by molar-refractivity contribution is 5.40. The molecule has 0 aromatic heterocycles. The van der Waals surface area contributed by atoms with Crippen molar-refractivity contribution in [2.45, 2.75) is 20.3 Å². The first kappa shape index (κ1) is 10.6. The van der Waals surface area contributed by atoms with Gasteiger partial charge in [-0.15, -0.1) is 0 Å². The lowest BCUT2D eigenvalue weighted by atomic mass is 10.1. The number of allylic oxidation sites excluding steroid dienone is 2. The Labute approximate surface area is 84.8 Å². The number of phenolic OH excluding ortho intramolecular Hbond substituents is 1. The van der Waals surface area contributed by atoms with Crippen LogP contribution in [-0.4, -0.2) is 12.2 Å². The molecule has 0 spiro atoms. The van der Waals surface area contributed by atoms with Crippen LogP contribution >= 0.6 is 0 Å². The van der Waals surface area contributed by atoms with Gasteiger partial charge in [-0.3, -0.25) is 0 Å². The van der Waals surface area contributed by atoms with E-state index in [1.807, 2.05) is 19.9 Å². The van der Waals surface area contributed by atoms with Crippen molar-refractivity contribution in [1.29, 1.82) is 0 Å². The van der Waals surface area contributed by atoms with Crippen LogP contribution in [0, 0.1) is 0 Å². The standard InChI is InChI=1S/C12H16O2/c1-9(2)4-5-10-8-11(14-3)6-7-12(10)13/h4,6-8,13H,5H2,1-3H3. The number of hydrogen-bond donors (Lipinski definition) is 1. The largest absolute Gasteiger partial charge is 0.508 e. The fourth-order valence-electron chi connectivity index (χ4n) is 1.17. The van der Waals surface area contributed by atoms with Crippen molar-refractivity contribution in [2.75, 3.05) is 7.11 Å². The Morgan fingerprint density at radius 3 is 2.71 bits per heavy atom. The summed E-state index contributed by atoms with van der Waals surface area (Å²) in [6.45, 7) is 4.08. The average Bonchev–Trinajstić information content (AvgIpc) is 2.16. The molecular formula is C12H16O2. The Morgan fingerprint density at radius 2 is 2.14 bits per heavy atom. The fraction of sp³-hybridized carbons (Fsp3) is 0.333. The molecule has 0 heterocycles. The molecule has 0 aliphatic carbocycles. The van der Waals surface area contributed by atoms with Crippen LogP contribution in [0.4, 0.5) is 0 Å². The van der Waals surface area contributed by atoms with Crippen LogP contribution in [0.2, 0.25) is 0 Å². The summed E-state index contributed by atoms with van der Waals surface area (Å²) >= 11 is 0. The van der Waals surface area contributed by atoms with Gasteiger partial charge < -0.3 is 9.84 Å². The lowest BCUT2D eigenvalue weighted by Crippen LogP contribution is -1.87. The molecule has 1 aromatic carbocycles. The third-order valence-corrected chi connectivity index (χ3v) is 2.02. The summed E-state index contributed by atoms with van der Waals surface area (Å²) in [6.07, 6.45) is 2.82. The van der Waals surface area contributed by atoms with Gasteiger partial charge in [0.25, 0.3) is 0 Å². The molecule has 1 rings (SSSR count). The lowest BCUT2D eigenvalue weighted by Gasteiger charge is -2.05. The SMILES string of the molecule is COc1ccc(O)c(CC=C(C)C)c1. The zero-order valence-corrected chi connectivity index (χ0v) is 8.87. The number of phenols is 1. The van der Waals surface area contributed by atoms with Crippen molar-refractivity contribution in [3.63, 3.8) is 0 Å². The van der Waals surface area contributed by atoms with E-state index in [1.165, 1.54) is 5.57 Å². The summed E-state index contributed by atoms with van der Waals surface area (Å²) in [5.41, 5.74) is 2.14. The molecule has 2 nitrogen and oxygen atoms in total. The molecule has 0 aliphatic heterocycles. The summed E-state index contributed by atoms with van der Waals surface area (Å²) in [5, 5.41) is 9.56. The van der Waals surface area contributed by atoms with Gasteiger partial charge in [-0.25, -0.2) is 0 Å². The van der Waals surface area contributed by atoms with Crippen LogP contribution < -0.4 is 4.74 Å². The quantitative estimate of drug-likeness (QED) is 0.746. The molecule has 0 bridgehead atoms. The van der Waals surface area contributed by atoms with Gasteiger partial charge in [-0.2, -0.15) is 0 Å². The van der Waals surface area contributed by atoms with Gasteiger partial charge in [0, 0.05) is 5.56 Å². The molecule has 0 atom stereocenters. The number of aromatic hydroxyl groups is 1. The molecule has 2 heteroatoms. The smallest absolute Gasteiger partial charge is 0.119 e. The van der Waals surface area contributed by atoms with Crippen LogP contribution in [-0.2, 0) is 6.42 Å². The molecule has 0 amide bonds. The first-order valence-electron chi connectivity index (χ1n) is 4.62. The third kappa shape index (κ3) is 2.80. The molecule has 0 fully saturated rings. The maximum Gasteiger partial charge on any atom is 0.119 e. The number of ether oxygens (including phenoxy) is 1. The first-order chi connectivity index (χ1) is 6.63. The Balaban J connectivity index is 2.89. The van der Waals surface area contributed by atoms with Crippen LogP contribution in [0.1, 0.15) is 19.4 Å². The molecule has 0 aliphatic rings. The molecule has 1 N–H and O–H groups in total. The number of benzene rings is 1. The summed E-state index contributed by atoms with van der Waals surface area (Å²) in [4.78, 5) is 0. The predicted molar refractivity (Wildman–Crippen MR) is 57.8 cm³/mol. The van der Waals surface area contributed by atoms with E-state index in [0.717, 1.165) is 17.7 Å². The van der Waals surface area contributed by atoms with Gasteiger partial charge in [0.2, 0.25) is 0 Å². The van der Waals surface area contributed by atoms with Crippen LogP contribution in [0.5, 0.6) is 11.5 Å². The van der Waals surface area contributed by atoms with Crippen molar-refractivity contribution in [3.05, 3.63) is 35.4 Å². The van der Waals surface area contributed by atoms with E-state index in [0.29, 0.717) is 5.75 Å². The topological polar surface area (TPSA) is 29.5 Å². The van der Waals surface area contributed by atoms with Gasteiger partial charge in [0.1, 0.15) is 11.5 Å². The summed E-state index contributed by atoms with van der Waals surface area (Å²) in [5.74, 6) is 1.10. The molecule has 1 aromatic rings. The van der Waals surface area contributed by atoms with E-state index < -0.39 is 0 Å². The van der Waals surface area contributed by atoms with Crippen LogP contribution in [0.25, 0.3) is 0 Å². The Bertz CT molecular complexity index is 336. The van der Waals surface area contributed by atoms with Gasteiger partial charge in [0.15, 0.2) is 0 Å². The second kappa shape index (κ2) is 4.70. The first-order valence-corrected chi connectivity index (χ1v) is 4.62. The summed E-state index contributed by atoms with van der Waals surface area (Å²) in [7, 11) is 1.62. The minimum Gasteiger partial charge on any atom is -0.508 e. The molecule has 0 saturated carbocycles. The summed E-state index contributed by atoms with van der Waals surface area (Å²) in [6, 6.07) is 5.27. The van der Waals surface area contributed by atoms with E-state index in [9.17, 15) is 5.11 Å². The highest BCUT2D eigenvalue weighted by Crippen LogP contribution is 2.23. The summed E-state index contributed by atoms with van der Waals surface area (Å²) < 4.78 is 5.08. The Morgan fingerprint density at radius 1 is 1.43 bits per heavy atom. The minimum absolute atomic E-state index is 0.323. The molecular weight excluding hydrogens is 176 g/mol. The van der Waals surface area contributed by atoms with Crippen molar-refractivity contribution >= 4 is 0 Å². The Hall–Kier alpha value is -1.44. The van der Waals surface area contributed by atoms with Gasteiger partial charge in [-0.1, -0.05) is 11.6 Å². The van der Waals surface area contributed by atoms with Gasteiger partial charge >= 0.3 is 0 Å². The number of rotatable bonds is 3. The van der Waals surface area contributed by atoms with E-state index in [1.54, 1.807) is 19.2 Å². The number of methoxy groups -OCH3 is 1. The van der Waals surface area contributed by atoms with E-state index in [2.05, 4.69) is 6.08 Å². The molecule has 0 unspecified atom stereocenters. The highest BCUT2D eigenvalue weighted by Gasteiger charge is 2.01. The molecule has 0 saturated heterocycles. The maximum atomic E-state index is 9.56. The van der Waals surface area contributed by atoms with E-state index >= 15 is 0 Å². The minimum atomic E-state index is 0.323. The van der Waals surface area contributed by atoms with Gasteiger partial charge in [-0.05, 0) is 38.5 Å². The predicted octanol–water partition coefficient (Wildman–Crippen LogP) is 2.91. The zero-order valence-electron chi connectivity index (χ0n) is 8.87. The second-order valence-electron chi connectivity index (χ2n) is 3.48. The zero-order chi connectivity index (χ0) is 10.6. The maximum absolute atomic E-state index is 9.56. The van der Waals surface area contributed by atoms with Crippen LogP contribution in [0.3, 0.4) is 0 Å². The highest BCUT2D eigenvalue weighted by atomic mass is 16.5. The van der Waals surface area contributed by atoms with Crippen molar-refractivity contribution < 1.29 is 9.84 Å². The van der Waals surface area contributed by atoms with Crippen molar-refractivity contribution in [3.8, 4) is 11.5 Å². The van der Waals surface area contributed by atoms with Crippen molar-refractivity contribution in [2.24, 2.45) is 0 Å². The molecule has 0 radical (unpaired) electrons. The Kier molecular flexibility index (Phi) is 3.57. The van der Waals surface area contributed by atoms with E-state index in [-0.39, 0.29) is 0 Å².